The first-order chi connectivity index (χ1) is 13.8. The van der Waals surface area contributed by atoms with E-state index in [1.165, 1.54) is 5.06 Å². The molecule has 1 aromatic carbocycles. The van der Waals surface area contributed by atoms with Crippen LogP contribution in [0.3, 0.4) is 0 Å². The van der Waals surface area contributed by atoms with Gasteiger partial charge in [-0.15, -0.1) is 0 Å². The SMILES string of the molecule is Cc1ccc(C(=O)N2Cc3c(nn(CC(CO)ON(C)C)c3C=O)C[C@H]2C)cc1. The molecule has 29 heavy (non-hydrogen) atoms. The zero-order valence-corrected chi connectivity index (χ0v) is 17.3. The van der Waals surface area contributed by atoms with Crippen LogP contribution < -0.4 is 0 Å². The molecule has 2 atom stereocenters. The second-order valence-corrected chi connectivity index (χ2v) is 7.69. The monoisotopic (exact) mass is 400 g/mol. The Hall–Kier alpha value is -2.55. The van der Waals surface area contributed by atoms with Gasteiger partial charge in [-0.25, -0.2) is 0 Å². The molecule has 1 N–H and O–H groups in total. The Kier molecular flexibility index (Phi) is 6.46. The number of aliphatic hydroxyl groups excluding tert-OH is 1. The van der Waals surface area contributed by atoms with Crippen molar-refractivity contribution in [2.45, 2.75) is 45.5 Å². The van der Waals surface area contributed by atoms with Crippen LogP contribution in [0.4, 0.5) is 0 Å². The van der Waals surface area contributed by atoms with E-state index in [4.69, 9.17) is 4.84 Å². The summed E-state index contributed by atoms with van der Waals surface area (Å²) in [5, 5.41) is 15.7. The molecule has 3 rings (SSSR count). The van der Waals surface area contributed by atoms with Gasteiger partial charge in [-0.1, -0.05) is 17.7 Å². The maximum atomic E-state index is 13.0. The molecule has 8 heteroatoms. The van der Waals surface area contributed by atoms with Gasteiger partial charge in [0.05, 0.1) is 25.4 Å². The fraction of sp³-hybridized carbons (Fsp3) is 0.476. The Balaban J connectivity index is 1.86. The number of rotatable bonds is 7. The summed E-state index contributed by atoms with van der Waals surface area (Å²) in [5.41, 5.74) is 3.73. The van der Waals surface area contributed by atoms with E-state index < -0.39 is 6.10 Å². The number of aldehydes is 1. The molecule has 0 radical (unpaired) electrons. The van der Waals surface area contributed by atoms with Crippen LogP contribution in [0.5, 0.6) is 0 Å². The van der Waals surface area contributed by atoms with Crippen LogP contribution in [0.1, 0.15) is 44.6 Å². The lowest BCUT2D eigenvalue weighted by Gasteiger charge is -2.33. The predicted octanol–water partition coefficient (Wildman–Crippen LogP) is 1.45. The fourth-order valence-corrected chi connectivity index (χ4v) is 3.64. The lowest BCUT2D eigenvalue weighted by atomic mass is 9.98. The van der Waals surface area contributed by atoms with Crippen molar-refractivity contribution in [3.63, 3.8) is 0 Å². The van der Waals surface area contributed by atoms with Crippen molar-refractivity contribution in [3.05, 3.63) is 52.3 Å². The van der Waals surface area contributed by atoms with Gasteiger partial charge in [0.1, 0.15) is 11.8 Å². The van der Waals surface area contributed by atoms with E-state index in [2.05, 4.69) is 5.10 Å². The third kappa shape index (κ3) is 4.55. The Morgan fingerprint density at radius 2 is 2.07 bits per heavy atom. The van der Waals surface area contributed by atoms with Crippen LogP contribution in [0.2, 0.25) is 0 Å². The van der Waals surface area contributed by atoms with Crippen LogP contribution in [-0.2, 0) is 24.3 Å². The smallest absolute Gasteiger partial charge is 0.254 e. The van der Waals surface area contributed by atoms with Gasteiger partial charge < -0.3 is 10.0 Å². The van der Waals surface area contributed by atoms with Crippen LogP contribution in [-0.4, -0.2) is 69.9 Å². The normalized spacial score (nSPS) is 17.3. The predicted molar refractivity (Wildman–Crippen MR) is 107 cm³/mol. The Morgan fingerprint density at radius 1 is 1.38 bits per heavy atom. The van der Waals surface area contributed by atoms with Gasteiger partial charge in [-0.05, 0) is 26.0 Å². The highest BCUT2D eigenvalue weighted by Crippen LogP contribution is 2.27. The van der Waals surface area contributed by atoms with E-state index in [0.717, 1.165) is 23.1 Å². The van der Waals surface area contributed by atoms with Crippen molar-refractivity contribution >= 4 is 12.2 Å². The van der Waals surface area contributed by atoms with Gasteiger partial charge in [0.25, 0.3) is 5.91 Å². The topological polar surface area (TPSA) is 87.9 Å². The quantitative estimate of drug-likeness (QED) is 0.559. The Labute approximate surface area is 170 Å². The van der Waals surface area contributed by atoms with Gasteiger partial charge in [0.2, 0.25) is 0 Å². The molecule has 156 valence electrons. The van der Waals surface area contributed by atoms with E-state index in [0.29, 0.717) is 24.2 Å². The first-order valence-electron chi connectivity index (χ1n) is 9.70. The van der Waals surface area contributed by atoms with E-state index >= 15 is 0 Å². The highest BCUT2D eigenvalue weighted by Gasteiger charge is 2.32. The van der Waals surface area contributed by atoms with E-state index in [1.807, 2.05) is 38.1 Å². The van der Waals surface area contributed by atoms with Gasteiger partial charge in [-0.3, -0.25) is 19.1 Å². The molecule has 0 aliphatic carbocycles. The maximum Gasteiger partial charge on any atom is 0.254 e. The summed E-state index contributed by atoms with van der Waals surface area (Å²) in [6.45, 7) is 4.34. The number of carbonyl (C=O) groups excluding carboxylic acids is 2. The molecule has 0 fully saturated rings. The fourth-order valence-electron chi connectivity index (χ4n) is 3.64. The zero-order chi connectivity index (χ0) is 21.1. The maximum absolute atomic E-state index is 13.0. The number of hydroxylamine groups is 2. The van der Waals surface area contributed by atoms with Crippen LogP contribution in [0, 0.1) is 6.92 Å². The van der Waals surface area contributed by atoms with Crippen LogP contribution >= 0.6 is 0 Å². The van der Waals surface area contributed by atoms with Gasteiger partial charge in [0.15, 0.2) is 6.29 Å². The molecule has 0 saturated heterocycles. The average Bonchev–Trinajstić information content (AvgIpc) is 3.02. The summed E-state index contributed by atoms with van der Waals surface area (Å²) in [5.74, 6) is -0.0584. The second kappa shape index (κ2) is 8.86. The van der Waals surface area contributed by atoms with Crippen molar-refractivity contribution in [2.75, 3.05) is 20.7 Å². The number of amides is 1. The molecule has 1 aliphatic rings. The summed E-state index contributed by atoms with van der Waals surface area (Å²) < 4.78 is 1.58. The van der Waals surface area contributed by atoms with E-state index in [9.17, 15) is 14.7 Å². The molecular weight excluding hydrogens is 372 g/mol. The number of hydrogen-bond donors (Lipinski definition) is 1. The molecule has 2 aromatic rings. The minimum Gasteiger partial charge on any atom is -0.394 e. The number of aryl methyl sites for hydroxylation is 1. The van der Waals surface area contributed by atoms with Crippen molar-refractivity contribution in [2.24, 2.45) is 0 Å². The molecule has 1 amide bonds. The molecule has 1 aliphatic heterocycles. The standard InChI is InChI=1S/C21H28N4O4/c1-14-5-7-16(8-6-14)21(28)24-11-18-19(9-15(24)2)22-25(20(18)13-27)10-17(12-26)29-23(3)4/h5-8,13,15,17,26H,9-12H2,1-4H3/t15-,17?/m1/s1. The molecule has 0 saturated carbocycles. The summed E-state index contributed by atoms with van der Waals surface area (Å²) in [6.07, 6.45) is 0.812. The average molecular weight is 400 g/mol. The minimum absolute atomic E-state index is 0.0363. The molecule has 8 nitrogen and oxygen atoms in total. The number of nitrogens with zero attached hydrogens (tertiary/aromatic N) is 4. The molecule has 0 spiro atoms. The summed E-state index contributed by atoms with van der Waals surface area (Å²) in [6, 6.07) is 7.46. The van der Waals surface area contributed by atoms with Crippen molar-refractivity contribution in [3.8, 4) is 0 Å². The summed E-state index contributed by atoms with van der Waals surface area (Å²) >= 11 is 0. The van der Waals surface area contributed by atoms with Gasteiger partial charge in [-0.2, -0.15) is 10.2 Å². The second-order valence-electron chi connectivity index (χ2n) is 7.69. The number of fused-ring (bicyclic) bond motifs is 1. The third-order valence-corrected chi connectivity index (χ3v) is 5.14. The summed E-state index contributed by atoms with van der Waals surface area (Å²) in [7, 11) is 3.46. The summed E-state index contributed by atoms with van der Waals surface area (Å²) in [4.78, 5) is 32.2. The number of aliphatic hydroxyl groups is 1. The lowest BCUT2D eigenvalue weighted by Crippen LogP contribution is -2.42. The molecule has 2 heterocycles. The lowest BCUT2D eigenvalue weighted by molar-refractivity contribution is -0.180. The Bertz CT molecular complexity index is 876. The number of hydrogen-bond acceptors (Lipinski definition) is 6. The van der Waals surface area contributed by atoms with E-state index in [-0.39, 0.29) is 25.1 Å². The molecule has 1 unspecified atom stereocenters. The van der Waals surface area contributed by atoms with Crippen molar-refractivity contribution in [1.29, 1.82) is 0 Å². The highest BCUT2D eigenvalue weighted by molar-refractivity contribution is 5.94. The number of benzene rings is 1. The third-order valence-electron chi connectivity index (χ3n) is 5.14. The largest absolute Gasteiger partial charge is 0.394 e. The zero-order valence-electron chi connectivity index (χ0n) is 17.3. The molecule has 1 aromatic heterocycles. The first kappa shape index (κ1) is 21.2. The van der Waals surface area contributed by atoms with E-state index in [1.54, 1.807) is 23.7 Å². The first-order valence-corrected chi connectivity index (χ1v) is 9.70. The molecule has 0 bridgehead atoms. The number of carbonyl (C=O) groups is 2. The number of aromatic nitrogens is 2. The van der Waals surface area contributed by atoms with Crippen LogP contribution in [0.25, 0.3) is 0 Å². The highest BCUT2D eigenvalue weighted by atomic mass is 16.7. The van der Waals surface area contributed by atoms with Gasteiger partial charge >= 0.3 is 0 Å². The Morgan fingerprint density at radius 3 is 2.66 bits per heavy atom. The van der Waals surface area contributed by atoms with Crippen molar-refractivity contribution < 1.29 is 19.5 Å². The minimum atomic E-state index is -0.521. The van der Waals surface area contributed by atoms with Gasteiger partial charge in [0, 0.05) is 37.7 Å². The van der Waals surface area contributed by atoms with Crippen LogP contribution in [0.15, 0.2) is 24.3 Å². The van der Waals surface area contributed by atoms with Crippen molar-refractivity contribution in [1.82, 2.24) is 19.7 Å². The molecular formula is C21H28N4O4.